The molecule has 8 nitrogen and oxygen atoms in total. The number of hydrogen-bond donors (Lipinski definition) is 3. The van der Waals surface area contributed by atoms with E-state index in [0.29, 0.717) is 29.5 Å². The molecule has 146 valence electrons. The molecule has 4 rings (SSSR count). The Morgan fingerprint density at radius 1 is 1.17 bits per heavy atom. The average molecular weight is 405 g/mol. The lowest BCUT2D eigenvalue weighted by Crippen LogP contribution is -2.27. The van der Waals surface area contributed by atoms with Crippen LogP contribution in [0.4, 0.5) is 11.5 Å². The second-order valence-corrected chi connectivity index (χ2v) is 7.02. The Kier molecular flexibility index (Phi) is 5.66. The molecule has 29 heavy (non-hydrogen) atoms. The van der Waals surface area contributed by atoms with E-state index in [1.54, 1.807) is 18.6 Å². The zero-order valence-electron chi connectivity index (χ0n) is 15.7. The summed E-state index contributed by atoms with van der Waals surface area (Å²) in [6.45, 7) is 0.472. The highest BCUT2D eigenvalue weighted by Crippen LogP contribution is 2.23. The molecule has 4 aromatic rings. The lowest BCUT2D eigenvalue weighted by molar-refractivity contribution is 0.0954. The number of pyridine rings is 1. The number of rotatable bonds is 7. The van der Waals surface area contributed by atoms with Crippen LogP contribution in [0.1, 0.15) is 16.1 Å². The van der Waals surface area contributed by atoms with Gasteiger partial charge in [0.15, 0.2) is 5.16 Å². The molecule has 0 atom stereocenters. The minimum atomic E-state index is -0.237. The Labute approximate surface area is 171 Å². The Morgan fingerprint density at radius 3 is 2.93 bits per heavy atom. The fraction of sp³-hybridized carbons (Fsp3) is 0.150. The van der Waals surface area contributed by atoms with Crippen molar-refractivity contribution in [1.82, 2.24) is 30.5 Å². The monoisotopic (exact) mass is 405 g/mol. The van der Waals surface area contributed by atoms with Crippen LogP contribution in [-0.4, -0.2) is 43.9 Å². The number of thioether (sulfide) groups is 1. The molecule has 0 saturated heterocycles. The lowest BCUT2D eigenvalue weighted by Gasteiger charge is -2.12. The molecule has 0 aliphatic heterocycles. The van der Waals surface area contributed by atoms with Crippen LogP contribution < -0.4 is 10.6 Å². The van der Waals surface area contributed by atoms with Crippen LogP contribution >= 0.6 is 11.8 Å². The third-order valence-electron chi connectivity index (χ3n) is 4.29. The number of fused-ring (bicyclic) bond motifs is 1. The molecule has 0 saturated carbocycles. The highest BCUT2D eigenvalue weighted by molar-refractivity contribution is 7.98. The summed E-state index contributed by atoms with van der Waals surface area (Å²) < 4.78 is 0. The predicted molar refractivity (Wildman–Crippen MR) is 113 cm³/mol. The first-order valence-corrected chi connectivity index (χ1v) is 10.2. The van der Waals surface area contributed by atoms with Gasteiger partial charge in [-0.3, -0.25) is 14.9 Å². The third kappa shape index (κ3) is 4.52. The third-order valence-corrected chi connectivity index (χ3v) is 4.85. The molecule has 3 aromatic heterocycles. The first-order valence-electron chi connectivity index (χ1n) is 9.02. The van der Waals surface area contributed by atoms with E-state index in [0.717, 1.165) is 22.3 Å². The van der Waals surface area contributed by atoms with E-state index >= 15 is 0 Å². The summed E-state index contributed by atoms with van der Waals surface area (Å²) in [6, 6.07) is 11.5. The number of aromatic amines is 1. The molecule has 3 N–H and O–H groups in total. The van der Waals surface area contributed by atoms with Gasteiger partial charge in [0.2, 0.25) is 0 Å². The first kappa shape index (κ1) is 18.9. The van der Waals surface area contributed by atoms with E-state index in [1.807, 2.05) is 42.7 Å². The molecule has 0 fully saturated rings. The molecule has 9 heteroatoms. The van der Waals surface area contributed by atoms with Crippen molar-refractivity contribution >= 4 is 40.1 Å². The normalized spacial score (nSPS) is 10.8. The predicted octanol–water partition coefficient (Wildman–Crippen LogP) is 3.19. The van der Waals surface area contributed by atoms with Crippen LogP contribution in [0.5, 0.6) is 0 Å². The molecule has 0 radical (unpaired) electrons. The standard InChI is InChI=1S/C20H19N7OS/c1-29-20-23-12-16(19(28)22-9-7-14-4-2-3-8-21-14)18(26-20)25-15-6-5-13-11-24-27-17(13)10-15/h2-6,8,10-12H,7,9H2,1H3,(H,22,28)(H,24,27)(H,23,25,26). The Balaban J connectivity index is 1.52. The average Bonchev–Trinajstić information content (AvgIpc) is 3.22. The molecule has 1 aromatic carbocycles. The fourth-order valence-electron chi connectivity index (χ4n) is 2.82. The number of nitrogens with zero attached hydrogens (tertiary/aromatic N) is 4. The van der Waals surface area contributed by atoms with Crippen molar-refractivity contribution < 1.29 is 4.79 Å². The SMILES string of the molecule is CSc1ncc(C(=O)NCCc2ccccn2)c(Nc2ccc3cn[nH]c3c2)n1. The first-order chi connectivity index (χ1) is 14.2. The van der Waals surface area contributed by atoms with Crippen molar-refractivity contribution in [3.63, 3.8) is 0 Å². The summed E-state index contributed by atoms with van der Waals surface area (Å²) in [5, 5.41) is 14.7. The van der Waals surface area contributed by atoms with Crippen molar-refractivity contribution in [3.05, 3.63) is 66.2 Å². The summed E-state index contributed by atoms with van der Waals surface area (Å²) in [4.78, 5) is 25.7. The number of hydrogen-bond acceptors (Lipinski definition) is 7. The van der Waals surface area contributed by atoms with Gasteiger partial charge < -0.3 is 10.6 Å². The number of carbonyl (C=O) groups is 1. The summed E-state index contributed by atoms with van der Waals surface area (Å²) >= 11 is 1.41. The van der Waals surface area contributed by atoms with Gasteiger partial charge in [0.05, 0.1) is 11.7 Å². The number of nitrogens with one attached hydrogen (secondary N) is 3. The van der Waals surface area contributed by atoms with Gasteiger partial charge in [-0.2, -0.15) is 5.10 Å². The summed E-state index contributed by atoms with van der Waals surface area (Å²) in [7, 11) is 0. The molecule has 0 spiro atoms. The Bertz CT molecular complexity index is 1130. The van der Waals surface area contributed by atoms with Gasteiger partial charge in [-0.15, -0.1) is 0 Å². The Morgan fingerprint density at radius 2 is 2.10 bits per heavy atom. The molecule has 0 aliphatic carbocycles. The molecular formula is C20H19N7OS. The number of H-pyrrole nitrogens is 1. The maximum atomic E-state index is 12.7. The molecule has 3 heterocycles. The van der Waals surface area contributed by atoms with E-state index < -0.39 is 0 Å². The molecule has 1 amide bonds. The number of anilines is 2. The van der Waals surface area contributed by atoms with E-state index in [4.69, 9.17) is 0 Å². The van der Waals surface area contributed by atoms with Crippen LogP contribution in [0.3, 0.4) is 0 Å². The van der Waals surface area contributed by atoms with E-state index in [-0.39, 0.29) is 5.91 Å². The minimum absolute atomic E-state index is 0.237. The highest BCUT2D eigenvalue weighted by Gasteiger charge is 2.15. The number of benzene rings is 1. The van der Waals surface area contributed by atoms with Gasteiger partial charge in [-0.05, 0) is 36.6 Å². The van der Waals surface area contributed by atoms with Crippen molar-refractivity contribution in [2.75, 3.05) is 18.1 Å². The largest absolute Gasteiger partial charge is 0.351 e. The molecule has 0 unspecified atom stereocenters. The smallest absolute Gasteiger partial charge is 0.256 e. The second kappa shape index (κ2) is 8.70. The van der Waals surface area contributed by atoms with Crippen molar-refractivity contribution in [2.24, 2.45) is 0 Å². The van der Waals surface area contributed by atoms with E-state index in [9.17, 15) is 4.79 Å². The van der Waals surface area contributed by atoms with Gasteiger partial charge >= 0.3 is 0 Å². The van der Waals surface area contributed by atoms with Gasteiger partial charge in [-0.25, -0.2) is 9.97 Å². The molecular weight excluding hydrogens is 386 g/mol. The molecule has 0 aliphatic rings. The fourth-order valence-corrected chi connectivity index (χ4v) is 3.16. The quantitative estimate of drug-likeness (QED) is 0.320. The number of carbonyl (C=O) groups excluding carboxylic acids is 1. The maximum absolute atomic E-state index is 12.7. The zero-order chi connectivity index (χ0) is 20.1. The van der Waals surface area contributed by atoms with Crippen molar-refractivity contribution in [2.45, 2.75) is 11.6 Å². The van der Waals surface area contributed by atoms with Crippen LogP contribution in [0.25, 0.3) is 10.9 Å². The summed E-state index contributed by atoms with van der Waals surface area (Å²) in [5.74, 6) is 0.220. The number of amides is 1. The highest BCUT2D eigenvalue weighted by atomic mass is 32.2. The van der Waals surface area contributed by atoms with Crippen LogP contribution in [-0.2, 0) is 6.42 Å². The van der Waals surface area contributed by atoms with Crippen LogP contribution in [0.15, 0.2) is 60.1 Å². The second-order valence-electron chi connectivity index (χ2n) is 6.24. The Hall–Kier alpha value is -3.46. The topological polar surface area (TPSA) is 108 Å². The number of aromatic nitrogens is 5. The molecule has 0 bridgehead atoms. The van der Waals surface area contributed by atoms with Gasteiger partial charge in [-0.1, -0.05) is 17.8 Å². The van der Waals surface area contributed by atoms with Crippen molar-refractivity contribution in [1.29, 1.82) is 0 Å². The minimum Gasteiger partial charge on any atom is -0.351 e. The van der Waals surface area contributed by atoms with E-state index in [1.165, 1.54) is 11.8 Å². The van der Waals surface area contributed by atoms with Gasteiger partial charge in [0.25, 0.3) is 5.91 Å². The maximum Gasteiger partial charge on any atom is 0.256 e. The lowest BCUT2D eigenvalue weighted by atomic mass is 10.2. The van der Waals surface area contributed by atoms with Crippen LogP contribution in [0.2, 0.25) is 0 Å². The van der Waals surface area contributed by atoms with Gasteiger partial charge in [0.1, 0.15) is 11.4 Å². The van der Waals surface area contributed by atoms with Gasteiger partial charge in [0, 0.05) is 42.1 Å². The zero-order valence-corrected chi connectivity index (χ0v) is 16.5. The van der Waals surface area contributed by atoms with Crippen LogP contribution in [0, 0.1) is 0 Å². The summed E-state index contributed by atoms with van der Waals surface area (Å²) in [6.07, 6.45) is 7.59. The summed E-state index contributed by atoms with van der Waals surface area (Å²) in [5.41, 5.74) is 3.01. The van der Waals surface area contributed by atoms with Crippen molar-refractivity contribution in [3.8, 4) is 0 Å². The van der Waals surface area contributed by atoms with E-state index in [2.05, 4.69) is 35.8 Å².